The topological polar surface area (TPSA) is 50.1 Å². The maximum absolute atomic E-state index is 14.4. The van der Waals surface area contributed by atoms with Gasteiger partial charge in [0.25, 0.3) is 0 Å². The number of aryl methyl sites for hydroxylation is 3. The van der Waals surface area contributed by atoms with Crippen LogP contribution >= 0.6 is 0 Å². The first kappa shape index (κ1) is 17.7. The summed E-state index contributed by atoms with van der Waals surface area (Å²) in [5.74, 6) is -0.649. The van der Waals surface area contributed by atoms with Crippen LogP contribution < -0.4 is 0 Å². The van der Waals surface area contributed by atoms with Crippen molar-refractivity contribution in [3.8, 4) is 17.2 Å². The third-order valence-corrected chi connectivity index (χ3v) is 3.92. The number of hydrogen-bond acceptors (Lipinski definition) is 3. The Morgan fingerprint density at radius 2 is 2.00 bits per heavy atom. The predicted molar refractivity (Wildman–Crippen MR) is 91.0 cm³/mol. The van der Waals surface area contributed by atoms with Crippen LogP contribution in [0.4, 0.5) is 4.39 Å². The molecule has 2 aromatic rings. The van der Waals surface area contributed by atoms with E-state index in [0.717, 1.165) is 16.7 Å². The van der Waals surface area contributed by atoms with Gasteiger partial charge >= 0.3 is 5.97 Å². The fourth-order valence-electron chi connectivity index (χ4n) is 2.78. The number of benzene rings is 2. The average Bonchev–Trinajstić information content (AvgIpc) is 2.56. The summed E-state index contributed by atoms with van der Waals surface area (Å²) in [5.41, 5.74) is 4.07. The predicted octanol–water partition coefficient (Wildman–Crippen LogP) is 4.48. The molecule has 0 aromatic heterocycles. The maximum Gasteiger partial charge on any atom is 0.306 e. The lowest BCUT2D eigenvalue weighted by Crippen LogP contribution is -2.06. The monoisotopic (exact) mass is 325 g/mol. The Hall–Kier alpha value is -2.67. The summed E-state index contributed by atoms with van der Waals surface area (Å²) in [6.45, 7) is 5.67. The van der Waals surface area contributed by atoms with Crippen LogP contribution in [0.15, 0.2) is 30.3 Å². The molecular formula is C20H20FNO2. The molecule has 2 aromatic carbocycles. The van der Waals surface area contributed by atoms with Crippen molar-refractivity contribution in [1.29, 1.82) is 5.26 Å². The van der Waals surface area contributed by atoms with E-state index >= 15 is 0 Å². The highest BCUT2D eigenvalue weighted by Gasteiger charge is 2.14. The van der Waals surface area contributed by atoms with E-state index in [1.54, 1.807) is 32.0 Å². The fraction of sp³-hybridized carbons (Fsp3) is 0.300. The Bertz CT molecular complexity index is 806. The van der Waals surface area contributed by atoms with E-state index in [1.165, 1.54) is 0 Å². The molecule has 0 unspecified atom stereocenters. The van der Waals surface area contributed by atoms with Gasteiger partial charge in [-0.15, -0.1) is 0 Å². The molecule has 0 atom stereocenters. The minimum Gasteiger partial charge on any atom is -0.466 e. The molecule has 0 heterocycles. The molecule has 2 rings (SSSR count). The third-order valence-electron chi connectivity index (χ3n) is 3.92. The Balaban J connectivity index is 2.44. The minimum atomic E-state index is -0.339. The Morgan fingerprint density at radius 1 is 1.25 bits per heavy atom. The minimum absolute atomic E-state index is 0.131. The summed E-state index contributed by atoms with van der Waals surface area (Å²) in [7, 11) is 0. The highest BCUT2D eigenvalue weighted by molar-refractivity contribution is 5.75. The average molecular weight is 325 g/mol. The number of carbonyl (C=O) groups excluding carboxylic acids is 1. The van der Waals surface area contributed by atoms with Crippen LogP contribution in [0, 0.1) is 31.0 Å². The second-order valence-electron chi connectivity index (χ2n) is 5.68. The summed E-state index contributed by atoms with van der Waals surface area (Å²) in [6.07, 6.45) is 0.402. The first-order chi connectivity index (χ1) is 11.5. The lowest BCUT2D eigenvalue weighted by molar-refractivity contribution is -0.143. The lowest BCUT2D eigenvalue weighted by Gasteiger charge is -2.13. The van der Waals surface area contributed by atoms with Crippen LogP contribution in [0.25, 0.3) is 11.1 Å². The van der Waals surface area contributed by atoms with Crippen molar-refractivity contribution in [2.45, 2.75) is 33.6 Å². The molecule has 0 amide bonds. The quantitative estimate of drug-likeness (QED) is 0.762. The maximum atomic E-state index is 14.4. The zero-order valence-electron chi connectivity index (χ0n) is 14.1. The van der Waals surface area contributed by atoms with Gasteiger partial charge < -0.3 is 4.74 Å². The van der Waals surface area contributed by atoms with Gasteiger partial charge in [-0.2, -0.15) is 5.26 Å². The molecule has 0 saturated carbocycles. The smallest absolute Gasteiger partial charge is 0.306 e. The van der Waals surface area contributed by atoms with Crippen molar-refractivity contribution in [1.82, 2.24) is 0 Å². The van der Waals surface area contributed by atoms with Gasteiger partial charge in [0.1, 0.15) is 5.82 Å². The van der Waals surface area contributed by atoms with Crippen LogP contribution in [0.5, 0.6) is 0 Å². The van der Waals surface area contributed by atoms with Crippen molar-refractivity contribution >= 4 is 5.97 Å². The van der Waals surface area contributed by atoms with Gasteiger partial charge in [-0.1, -0.05) is 12.1 Å². The zero-order valence-corrected chi connectivity index (χ0v) is 14.1. The van der Waals surface area contributed by atoms with Gasteiger partial charge in [-0.05, 0) is 67.6 Å². The standard InChI is InChI=1S/C20H20FNO2/c1-4-24-18(23)9-8-15-11-17(10-14(3)20(15)21)19-13(2)6-5-7-16(19)12-22/h5-7,10-11H,4,8-9H2,1-3H3. The summed E-state index contributed by atoms with van der Waals surface area (Å²) in [6, 6.07) is 11.2. The van der Waals surface area contributed by atoms with E-state index in [0.29, 0.717) is 23.3 Å². The normalized spacial score (nSPS) is 10.3. The number of halogens is 1. The highest BCUT2D eigenvalue weighted by atomic mass is 19.1. The van der Waals surface area contributed by atoms with Gasteiger partial charge in [-0.3, -0.25) is 4.79 Å². The Labute approximate surface area is 141 Å². The second-order valence-corrected chi connectivity index (χ2v) is 5.68. The first-order valence-corrected chi connectivity index (χ1v) is 7.92. The zero-order chi connectivity index (χ0) is 17.7. The van der Waals surface area contributed by atoms with Crippen molar-refractivity contribution in [3.05, 3.63) is 58.4 Å². The number of hydrogen-bond donors (Lipinski definition) is 0. The van der Waals surface area contributed by atoms with Crippen LogP contribution in [-0.2, 0) is 16.0 Å². The SMILES string of the molecule is CCOC(=O)CCc1cc(-c2c(C)cccc2C#N)cc(C)c1F. The van der Waals surface area contributed by atoms with E-state index in [1.807, 2.05) is 19.1 Å². The van der Waals surface area contributed by atoms with Crippen molar-refractivity contribution in [2.75, 3.05) is 6.61 Å². The van der Waals surface area contributed by atoms with E-state index in [2.05, 4.69) is 6.07 Å². The van der Waals surface area contributed by atoms with Crippen LogP contribution in [-0.4, -0.2) is 12.6 Å². The number of carbonyl (C=O) groups is 1. The Morgan fingerprint density at radius 3 is 2.67 bits per heavy atom. The molecule has 3 nitrogen and oxygen atoms in total. The fourth-order valence-corrected chi connectivity index (χ4v) is 2.78. The molecule has 0 radical (unpaired) electrons. The molecule has 24 heavy (non-hydrogen) atoms. The lowest BCUT2D eigenvalue weighted by atomic mass is 9.92. The van der Waals surface area contributed by atoms with E-state index in [9.17, 15) is 14.4 Å². The largest absolute Gasteiger partial charge is 0.466 e. The number of nitrogens with zero attached hydrogens (tertiary/aromatic N) is 1. The number of esters is 1. The molecule has 0 bridgehead atoms. The third kappa shape index (κ3) is 3.80. The summed E-state index contributed by atoms with van der Waals surface area (Å²) in [4.78, 5) is 11.5. The second kappa shape index (κ2) is 7.74. The van der Waals surface area contributed by atoms with Gasteiger partial charge in [0, 0.05) is 12.0 Å². The van der Waals surface area contributed by atoms with Crippen molar-refractivity contribution < 1.29 is 13.9 Å². The van der Waals surface area contributed by atoms with Crippen molar-refractivity contribution in [3.63, 3.8) is 0 Å². The molecule has 0 saturated heterocycles. The molecular weight excluding hydrogens is 305 g/mol. The molecule has 0 aliphatic rings. The molecule has 4 heteroatoms. The molecule has 0 aliphatic carbocycles. The molecule has 0 N–H and O–H groups in total. The van der Waals surface area contributed by atoms with E-state index in [4.69, 9.17) is 4.74 Å². The number of rotatable bonds is 5. The van der Waals surface area contributed by atoms with Gasteiger partial charge in [0.15, 0.2) is 0 Å². The van der Waals surface area contributed by atoms with E-state index < -0.39 is 0 Å². The summed E-state index contributed by atoms with van der Waals surface area (Å²) < 4.78 is 19.3. The van der Waals surface area contributed by atoms with E-state index in [-0.39, 0.29) is 24.6 Å². The van der Waals surface area contributed by atoms with Crippen molar-refractivity contribution in [2.24, 2.45) is 0 Å². The molecule has 124 valence electrons. The highest BCUT2D eigenvalue weighted by Crippen LogP contribution is 2.30. The Kier molecular flexibility index (Phi) is 5.70. The van der Waals surface area contributed by atoms with Gasteiger partial charge in [0.2, 0.25) is 0 Å². The van der Waals surface area contributed by atoms with Crippen LogP contribution in [0.3, 0.4) is 0 Å². The van der Waals surface area contributed by atoms with Crippen LogP contribution in [0.1, 0.15) is 35.6 Å². The number of nitriles is 1. The number of ether oxygens (including phenoxy) is 1. The van der Waals surface area contributed by atoms with Gasteiger partial charge in [-0.25, -0.2) is 4.39 Å². The molecule has 0 aliphatic heterocycles. The molecule has 0 spiro atoms. The van der Waals surface area contributed by atoms with Crippen LogP contribution in [0.2, 0.25) is 0 Å². The molecule has 0 fully saturated rings. The van der Waals surface area contributed by atoms with Gasteiger partial charge in [0.05, 0.1) is 18.2 Å². The first-order valence-electron chi connectivity index (χ1n) is 7.92. The summed E-state index contributed by atoms with van der Waals surface area (Å²) in [5, 5.41) is 9.35. The summed E-state index contributed by atoms with van der Waals surface area (Å²) >= 11 is 0.